The van der Waals surface area contributed by atoms with E-state index in [0.717, 1.165) is 42.8 Å². The molecule has 1 aliphatic heterocycles. The Balaban J connectivity index is 1.19. The first-order valence-corrected chi connectivity index (χ1v) is 12.5. The molecular weight excluding hydrogens is 434 g/mol. The molecule has 1 atom stereocenters. The van der Waals surface area contributed by atoms with Crippen molar-refractivity contribution in [3.63, 3.8) is 0 Å². The molecular formula is C26H27N3O3S. The number of nitriles is 1. The van der Waals surface area contributed by atoms with Gasteiger partial charge in [0.25, 0.3) is 0 Å². The van der Waals surface area contributed by atoms with Gasteiger partial charge in [-0.1, -0.05) is 42.5 Å². The minimum Gasteiger partial charge on any atom is -0.494 e. The van der Waals surface area contributed by atoms with Crippen LogP contribution in [0.1, 0.15) is 18.4 Å². The van der Waals surface area contributed by atoms with Gasteiger partial charge in [-0.2, -0.15) is 5.26 Å². The van der Waals surface area contributed by atoms with E-state index in [1.54, 1.807) is 24.3 Å². The molecule has 0 bridgehead atoms. The van der Waals surface area contributed by atoms with Crippen LogP contribution in [0.2, 0.25) is 0 Å². The summed E-state index contributed by atoms with van der Waals surface area (Å²) < 4.78 is 33.7. The van der Waals surface area contributed by atoms with Gasteiger partial charge in [0, 0.05) is 19.1 Å². The van der Waals surface area contributed by atoms with Gasteiger partial charge in [-0.25, -0.2) is 13.1 Å². The van der Waals surface area contributed by atoms with Crippen molar-refractivity contribution in [3.05, 3.63) is 84.4 Å². The third-order valence-corrected chi connectivity index (χ3v) is 7.27. The molecule has 4 rings (SSSR count). The molecule has 0 amide bonds. The van der Waals surface area contributed by atoms with E-state index in [0.29, 0.717) is 23.6 Å². The lowest BCUT2D eigenvalue weighted by Crippen LogP contribution is -2.37. The van der Waals surface area contributed by atoms with Crippen LogP contribution in [0, 0.1) is 11.3 Å². The van der Waals surface area contributed by atoms with Crippen LogP contribution in [-0.2, 0) is 10.0 Å². The molecule has 0 aromatic heterocycles. The van der Waals surface area contributed by atoms with E-state index in [9.17, 15) is 8.42 Å². The highest BCUT2D eigenvalue weighted by molar-refractivity contribution is 7.89. The van der Waals surface area contributed by atoms with Gasteiger partial charge in [0.1, 0.15) is 5.75 Å². The Morgan fingerprint density at radius 2 is 1.64 bits per heavy atom. The van der Waals surface area contributed by atoms with Gasteiger partial charge >= 0.3 is 0 Å². The van der Waals surface area contributed by atoms with E-state index in [4.69, 9.17) is 10.00 Å². The van der Waals surface area contributed by atoms with E-state index in [2.05, 4.69) is 15.7 Å². The predicted molar refractivity (Wildman–Crippen MR) is 128 cm³/mol. The first-order valence-electron chi connectivity index (χ1n) is 11.1. The summed E-state index contributed by atoms with van der Waals surface area (Å²) in [6.45, 7) is 3.06. The predicted octanol–water partition coefficient (Wildman–Crippen LogP) is 4.05. The number of ether oxygens (including phenoxy) is 1. The van der Waals surface area contributed by atoms with Crippen LogP contribution in [-0.4, -0.2) is 45.6 Å². The zero-order valence-electron chi connectivity index (χ0n) is 18.4. The van der Waals surface area contributed by atoms with Gasteiger partial charge in [-0.3, -0.25) is 0 Å². The van der Waals surface area contributed by atoms with Crippen molar-refractivity contribution in [3.8, 4) is 22.9 Å². The summed E-state index contributed by atoms with van der Waals surface area (Å²) in [4.78, 5) is 2.58. The number of hydrogen-bond donors (Lipinski definition) is 1. The monoisotopic (exact) mass is 461 g/mol. The van der Waals surface area contributed by atoms with Crippen LogP contribution in [0.15, 0.2) is 83.8 Å². The van der Waals surface area contributed by atoms with Gasteiger partial charge in [0.15, 0.2) is 0 Å². The fraction of sp³-hybridized carbons (Fsp3) is 0.269. The molecule has 0 saturated carbocycles. The maximum atomic E-state index is 12.5. The second-order valence-corrected chi connectivity index (χ2v) is 9.85. The van der Waals surface area contributed by atoms with Crippen LogP contribution < -0.4 is 9.46 Å². The van der Waals surface area contributed by atoms with Gasteiger partial charge in [-0.05, 0) is 66.9 Å². The Hall–Kier alpha value is -3.18. The van der Waals surface area contributed by atoms with Gasteiger partial charge in [0.2, 0.25) is 10.0 Å². The Morgan fingerprint density at radius 3 is 2.30 bits per heavy atom. The zero-order valence-corrected chi connectivity index (χ0v) is 19.2. The molecule has 170 valence electrons. The SMILES string of the molecule is N#Cc1ccc(-c2ccc(OCCCN3CC[C@@H](NS(=O)(=O)c4ccccc4)C3)cc2)cc1. The maximum Gasteiger partial charge on any atom is 0.240 e. The fourth-order valence-corrected chi connectivity index (χ4v) is 5.26. The van der Waals surface area contributed by atoms with Gasteiger partial charge < -0.3 is 9.64 Å². The molecule has 1 fully saturated rings. The third kappa shape index (κ3) is 6.20. The molecule has 1 saturated heterocycles. The Labute approximate surface area is 195 Å². The van der Waals surface area contributed by atoms with Crippen molar-refractivity contribution in [1.82, 2.24) is 9.62 Å². The van der Waals surface area contributed by atoms with Crippen molar-refractivity contribution >= 4 is 10.0 Å². The molecule has 0 spiro atoms. The minimum absolute atomic E-state index is 0.0640. The highest BCUT2D eigenvalue weighted by Crippen LogP contribution is 2.23. The van der Waals surface area contributed by atoms with Crippen LogP contribution in [0.3, 0.4) is 0 Å². The molecule has 3 aromatic carbocycles. The number of nitrogens with one attached hydrogen (secondary N) is 1. The van der Waals surface area contributed by atoms with Crippen molar-refractivity contribution in [2.45, 2.75) is 23.8 Å². The zero-order chi connectivity index (χ0) is 23.1. The number of likely N-dealkylation sites (tertiary alicyclic amines) is 1. The molecule has 1 heterocycles. The normalized spacial score (nSPS) is 16.4. The molecule has 1 N–H and O–H groups in total. The summed E-state index contributed by atoms with van der Waals surface area (Å²) in [7, 11) is -3.47. The van der Waals surface area contributed by atoms with E-state index in [-0.39, 0.29) is 6.04 Å². The van der Waals surface area contributed by atoms with Crippen LogP contribution in [0.25, 0.3) is 11.1 Å². The molecule has 0 unspecified atom stereocenters. The lowest BCUT2D eigenvalue weighted by molar-refractivity contribution is 0.261. The topological polar surface area (TPSA) is 82.4 Å². The van der Waals surface area contributed by atoms with Crippen LogP contribution in [0.5, 0.6) is 5.75 Å². The summed E-state index contributed by atoms with van der Waals surface area (Å²) in [5.41, 5.74) is 2.79. The van der Waals surface area contributed by atoms with Gasteiger partial charge in [-0.15, -0.1) is 0 Å². The van der Waals surface area contributed by atoms with Crippen LogP contribution >= 0.6 is 0 Å². The summed E-state index contributed by atoms with van der Waals surface area (Å²) >= 11 is 0. The number of nitrogens with zero attached hydrogens (tertiary/aromatic N) is 2. The van der Waals surface area contributed by atoms with E-state index in [1.165, 1.54) is 0 Å². The van der Waals surface area contributed by atoms with Crippen LogP contribution in [0.4, 0.5) is 0 Å². The molecule has 0 aliphatic carbocycles. The lowest BCUT2D eigenvalue weighted by atomic mass is 10.0. The smallest absolute Gasteiger partial charge is 0.240 e. The molecule has 6 nitrogen and oxygen atoms in total. The van der Waals surface area contributed by atoms with Crippen molar-refractivity contribution in [2.75, 3.05) is 26.2 Å². The molecule has 3 aromatic rings. The Bertz CT molecular complexity index is 1190. The van der Waals surface area contributed by atoms with E-state index < -0.39 is 10.0 Å². The second kappa shape index (κ2) is 10.6. The number of sulfonamides is 1. The summed E-state index contributed by atoms with van der Waals surface area (Å²) in [6.07, 6.45) is 1.68. The van der Waals surface area contributed by atoms with E-state index >= 15 is 0 Å². The van der Waals surface area contributed by atoms with Gasteiger partial charge in [0.05, 0.1) is 23.1 Å². The summed E-state index contributed by atoms with van der Waals surface area (Å²) in [5.74, 6) is 0.822. The molecule has 7 heteroatoms. The Morgan fingerprint density at radius 1 is 0.970 bits per heavy atom. The number of rotatable bonds is 9. The number of benzene rings is 3. The second-order valence-electron chi connectivity index (χ2n) is 8.14. The minimum atomic E-state index is -3.47. The van der Waals surface area contributed by atoms with Crippen molar-refractivity contribution in [1.29, 1.82) is 5.26 Å². The molecule has 1 aliphatic rings. The largest absolute Gasteiger partial charge is 0.494 e. The molecule has 33 heavy (non-hydrogen) atoms. The first kappa shape index (κ1) is 23.0. The lowest BCUT2D eigenvalue weighted by Gasteiger charge is -2.17. The van der Waals surface area contributed by atoms with Crippen molar-refractivity contribution in [2.24, 2.45) is 0 Å². The van der Waals surface area contributed by atoms with E-state index in [1.807, 2.05) is 54.6 Å². The van der Waals surface area contributed by atoms with Crippen molar-refractivity contribution < 1.29 is 13.2 Å². The quantitative estimate of drug-likeness (QED) is 0.486. The highest BCUT2D eigenvalue weighted by atomic mass is 32.2. The standard InChI is InChI=1S/C26H27N3O3S/c27-19-21-7-9-22(10-8-21)23-11-13-25(14-12-23)32-18-4-16-29-17-15-24(20-29)28-33(30,31)26-5-2-1-3-6-26/h1-3,5-14,24,28H,4,15-18,20H2/t24-/m1/s1. The maximum absolute atomic E-state index is 12.5. The number of hydrogen-bond acceptors (Lipinski definition) is 5. The fourth-order valence-electron chi connectivity index (χ4n) is 3.98. The molecule has 0 radical (unpaired) electrons. The summed E-state index contributed by atoms with van der Waals surface area (Å²) in [5, 5.41) is 8.91. The average molecular weight is 462 g/mol. The average Bonchev–Trinajstić information content (AvgIpc) is 3.29. The highest BCUT2D eigenvalue weighted by Gasteiger charge is 2.26. The Kier molecular flexibility index (Phi) is 7.40. The third-order valence-electron chi connectivity index (χ3n) is 5.74. The first-order chi connectivity index (χ1) is 16.0. The summed E-state index contributed by atoms with van der Waals surface area (Å²) in [6, 6.07) is 26.0.